The molecular weight excluding hydrogens is 262 g/mol. The molecule has 1 aromatic carbocycles. The van der Waals surface area contributed by atoms with Gasteiger partial charge in [-0.15, -0.1) is 0 Å². The van der Waals surface area contributed by atoms with Crippen LogP contribution in [0.3, 0.4) is 0 Å². The molecule has 0 saturated carbocycles. The van der Waals surface area contributed by atoms with E-state index in [1.807, 2.05) is 12.1 Å². The maximum atomic E-state index is 5.62. The zero-order chi connectivity index (χ0) is 13.4. The SMILES string of the molecule is COc1ccc(N2CC3CC2CO3)cc1NC(N)=S. The standard InChI is InChI=1S/C13H17N3O2S/c1-17-12-3-2-8(5-11(12)15-13(14)19)16-6-10-4-9(16)7-18-10/h2-3,5,9-10H,4,6-7H2,1H3,(H3,14,15,19). The Labute approximate surface area is 117 Å². The van der Waals surface area contributed by atoms with E-state index in [0.717, 1.165) is 36.7 Å². The molecule has 2 saturated heterocycles. The Morgan fingerprint density at radius 3 is 3.00 bits per heavy atom. The van der Waals surface area contributed by atoms with Crippen molar-refractivity contribution in [2.75, 3.05) is 30.5 Å². The van der Waals surface area contributed by atoms with Gasteiger partial charge in [0.1, 0.15) is 5.75 Å². The van der Waals surface area contributed by atoms with Crippen LogP contribution in [0.1, 0.15) is 6.42 Å². The third kappa shape index (κ3) is 2.33. The number of fused-ring (bicyclic) bond motifs is 2. The molecule has 2 bridgehead atoms. The molecule has 2 aliphatic heterocycles. The van der Waals surface area contributed by atoms with E-state index in [4.69, 9.17) is 27.4 Å². The van der Waals surface area contributed by atoms with E-state index in [0.29, 0.717) is 12.1 Å². The first-order valence-electron chi connectivity index (χ1n) is 6.30. The van der Waals surface area contributed by atoms with Gasteiger partial charge in [-0.25, -0.2) is 0 Å². The molecule has 2 heterocycles. The first-order chi connectivity index (χ1) is 9.17. The van der Waals surface area contributed by atoms with Crippen molar-refractivity contribution in [3.8, 4) is 5.75 Å². The number of nitrogens with zero attached hydrogens (tertiary/aromatic N) is 1. The summed E-state index contributed by atoms with van der Waals surface area (Å²) in [6, 6.07) is 6.50. The highest BCUT2D eigenvalue weighted by Crippen LogP contribution is 2.36. The number of nitrogens with one attached hydrogen (secondary N) is 1. The van der Waals surface area contributed by atoms with Crippen LogP contribution in [0.2, 0.25) is 0 Å². The molecule has 5 nitrogen and oxygen atoms in total. The van der Waals surface area contributed by atoms with E-state index in [1.165, 1.54) is 0 Å². The molecule has 2 aliphatic rings. The summed E-state index contributed by atoms with van der Waals surface area (Å²) in [4.78, 5) is 2.37. The number of anilines is 2. The van der Waals surface area contributed by atoms with Gasteiger partial charge in [0.05, 0.1) is 31.5 Å². The second kappa shape index (κ2) is 4.86. The van der Waals surface area contributed by atoms with Crippen molar-refractivity contribution in [3.63, 3.8) is 0 Å². The third-order valence-electron chi connectivity index (χ3n) is 3.67. The second-order valence-corrected chi connectivity index (χ2v) is 5.31. The third-order valence-corrected chi connectivity index (χ3v) is 3.78. The van der Waals surface area contributed by atoms with Crippen LogP contribution >= 0.6 is 12.2 Å². The zero-order valence-electron chi connectivity index (χ0n) is 10.8. The highest BCUT2D eigenvalue weighted by molar-refractivity contribution is 7.80. The van der Waals surface area contributed by atoms with Crippen molar-refractivity contribution in [3.05, 3.63) is 18.2 Å². The largest absolute Gasteiger partial charge is 0.495 e. The van der Waals surface area contributed by atoms with Crippen LogP contribution in [-0.2, 0) is 4.74 Å². The summed E-state index contributed by atoms with van der Waals surface area (Å²) in [5.74, 6) is 0.733. The molecule has 3 N–H and O–H groups in total. The lowest BCUT2D eigenvalue weighted by Crippen LogP contribution is -2.36. The molecule has 19 heavy (non-hydrogen) atoms. The van der Waals surface area contributed by atoms with Gasteiger partial charge in [0.15, 0.2) is 5.11 Å². The lowest BCUT2D eigenvalue weighted by molar-refractivity contribution is 0.0991. The average Bonchev–Trinajstić information content (AvgIpc) is 3.00. The summed E-state index contributed by atoms with van der Waals surface area (Å²) in [5.41, 5.74) is 7.49. The Kier molecular flexibility index (Phi) is 3.20. The van der Waals surface area contributed by atoms with Gasteiger partial charge in [-0.1, -0.05) is 0 Å². The Morgan fingerprint density at radius 2 is 2.42 bits per heavy atom. The van der Waals surface area contributed by atoms with Crippen LogP contribution in [0.15, 0.2) is 18.2 Å². The normalized spacial score (nSPS) is 24.6. The summed E-state index contributed by atoms with van der Waals surface area (Å²) in [5, 5.41) is 3.20. The quantitative estimate of drug-likeness (QED) is 0.814. The molecule has 0 spiro atoms. The Bertz CT molecular complexity index is 509. The number of thiocarbonyl (C=S) groups is 1. The van der Waals surface area contributed by atoms with Gasteiger partial charge in [0, 0.05) is 12.2 Å². The van der Waals surface area contributed by atoms with Crippen LogP contribution in [0.5, 0.6) is 5.75 Å². The number of nitrogens with two attached hydrogens (primary N) is 1. The first-order valence-corrected chi connectivity index (χ1v) is 6.71. The van der Waals surface area contributed by atoms with E-state index in [9.17, 15) is 0 Å². The highest BCUT2D eigenvalue weighted by Gasteiger charge is 2.39. The van der Waals surface area contributed by atoms with Crippen LogP contribution in [-0.4, -0.2) is 37.5 Å². The van der Waals surface area contributed by atoms with E-state index >= 15 is 0 Å². The van der Waals surface area contributed by atoms with Crippen LogP contribution in [0.4, 0.5) is 11.4 Å². The number of rotatable bonds is 3. The molecule has 3 rings (SSSR count). The molecule has 0 aromatic heterocycles. The first kappa shape index (κ1) is 12.5. The molecule has 2 atom stereocenters. The Hall–Kier alpha value is -1.53. The molecule has 0 aliphatic carbocycles. The minimum atomic E-state index is 0.238. The lowest BCUT2D eigenvalue weighted by atomic mass is 10.2. The van der Waals surface area contributed by atoms with Crippen LogP contribution in [0, 0.1) is 0 Å². The van der Waals surface area contributed by atoms with E-state index < -0.39 is 0 Å². The molecule has 2 unspecified atom stereocenters. The van der Waals surface area contributed by atoms with Gasteiger partial charge in [-0.05, 0) is 36.8 Å². The average molecular weight is 279 g/mol. The van der Waals surface area contributed by atoms with Gasteiger partial charge in [-0.2, -0.15) is 0 Å². The fourth-order valence-electron chi connectivity index (χ4n) is 2.82. The number of methoxy groups -OCH3 is 1. The van der Waals surface area contributed by atoms with Crippen molar-refractivity contribution in [1.29, 1.82) is 0 Å². The molecular formula is C13H17N3O2S. The van der Waals surface area contributed by atoms with Crippen molar-refractivity contribution in [1.82, 2.24) is 0 Å². The fraction of sp³-hybridized carbons (Fsp3) is 0.462. The van der Waals surface area contributed by atoms with Crippen molar-refractivity contribution in [2.24, 2.45) is 5.73 Å². The minimum absolute atomic E-state index is 0.238. The number of ether oxygens (including phenoxy) is 2. The highest BCUT2D eigenvalue weighted by atomic mass is 32.1. The smallest absolute Gasteiger partial charge is 0.168 e. The molecule has 102 valence electrons. The van der Waals surface area contributed by atoms with Crippen molar-refractivity contribution in [2.45, 2.75) is 18.6 Å². The predicted octanol–water partition coefficient (Wildman–Crippen LogP) is 1.33. The summed E-state index contributed by atoms with van der Waals surface area (Å²) in [6.07, 6.45) is 1.49. The van der Waals surface area contributed by atoms with Gasteiger partial charge in [-0.3, -0.25) is 0 Å². The van der Waals surface area contributed by atoms with Crippen molar-refractivity contribution < 1.29 is 9.47 Å². The number of hydrogen-bond acceptors (Lipinski definition) is 4. The van der Waals surface area contributed by atoms with E-state index in [-0.39, 0.29) is 5.11 Å². The molecule has 6 heteroatoms. The van der Waals surface area contributed by atoms with E-state index in [2.05, 4.69) is 16.3 Å². The summed E-state index contributed by atoms with van der Waals surface area (Å²) < 4.78 is 10.9. The van der Waals surface area contributed by atoms with Crippen molar-refractivity contribution >= 4 is 28.7 Å². The fourth-order valence-corrected chi connectivity index (χ4v) is 2.93. The lowest BCUT2D eigenvalue weighted by Gasteiger charge is -2.29. The Balaban J connectivity index is 1.88. The van der Waals surface area contributed by atoms with Crippen LogP contribution < -0.4 is 20.7 Å². The minimum Gasteiger partial charge on any atom is -0.495 e. The summed E-state index contributed by atoms with van der Waals surface area (Å²) in [7, 11) is 1.63. The molecule has 1 aromatic rings. The summed E-state index contributed by atoms with van der Waals surface area (Å²) in [6.45, 7) is 1.76. The number of morpholine rings is 1. The monoisotopic (exact) mass is 279 g/mol. The van der Waals surface area contributed by atoms with Gasteiger partial charge >= 0.3 is 0 Å². The maximum absolute atomic E-state index is 5.62. The van der Waals surface area contributed by atoms with Gasteiger partial charge in [0.2, 0.25) is 0 Å². The second-order valence-electron chi connectivity index (χ2n) is 4.87. The van der Waals surface area contributed by atoms with Gasteiger partial charge < -0.3 is 25.4 Å². The van der Waals surface area contributed by atoms with Crippen LogP contribution in [0.25, 0.3) is 0 Å². The van der Waals surface area contributed by atoms with Gasteiger partial charge in [0.25, 0.3) is 0 Å². The van der Waals surface area contributed by atoms with E-state index in [1.54, 1.807) is 7.11 Å². The molecule has 0 amide bonds. The number of hydrogen-bond donors (Lipinski definition) is 2. The Morgan fingerprint density at radius 1 is 1.58 bits per heavy atom. The number of benzene rings is 1. The maximum Gasteiger partial charge on any atom is 0.168 e. The molecule has 0 radical (unpaired) electrons. The zero-order valence-corrected chi connectivity index (χ0v) is 11.6. The summed E-state index contributed by atoms with van der Waals surface area (Å²) >= 11 is 4.89. The molecule has 2 fully saturated rings. The topological polar surface area (TPSA) is 59.8 Å². The predicted molar refractivity (Wildman–Crippen MR) is 78.9 cm³/mol.